The fourth-order valence-corrected chi connectivity index (χ4v) is 2.95. The van der Waals surface area contributed by atoms with Crippen LogP contribution in [-0.2, 0) is 22.6 Å². The van der Waals surface area contributed by atoms with E-state index >= 15 is 0 Å². The first-order valence-electron chi connectivity index (χ1n) is 7.83. The molecule has 0 bridgehead atoms. The maximum Gasteiger partial charge on any atom is 0.243 e. The normalized spacial score (nSPS) is 16.3. The van der Waals surface area contributed by atoms with E-state index in [1.54, 1.807) is 4.90 Å². The van der Waals surface area contributed by atoms with Gasteiger partial charge in [-0.05, 0) is 30.7 Å². The summed E-state index contributed by atoms with van der Waals surface area (Å²) in [5.74, 6) is 1.33. The van der Waals surface area contributed by atoms with Crippen molar-refractivity contribution < 1.29 is 14.0 Å². The molecule has 23 heavy (non-hydrogen) atoms. The number of fused-ring (bicyclic) bond motifs is 1. The molecule has 0 saturated heterocycles. The number of rotatable bonds is 4. The zero-order chi connectivity index (χ0) is 16.4. The van der Waals surface area contributed by atoms with Crippen molar-refractivity contribution in [2.45, 2.75) is 39.3 Å². The minimum absolute atomic E-state index is 0.0380. The van der Waals surface area contributed by atoms with E-state index in [1.165, 1.54) is 0 Å². The van der Waals surface area contributed by atoms with Crippen LogP contribution in [0, 0.1) is 6.92 Å². The molecule has 1 aromatic heterocycles. The summed E-state index contributed by atoms with van der Waals surface area (Å²) >= 11 is 0. The Morgan fingerprint density at radius 3 is 2.74 bits per heavy atom. The second-order valence-corrected chi connectivity index (χ2v) is 5.70. The highest BCUT2D eigenvalue weighted by Crippen LogP contribution is 2.32. The fourth-order valence-electron chi connectivity index (χ4n) is 2.95. The van der Waals surface area contributed by atoms with Crippen molar-refractivity contribution in [1.29, 1.82) is 0 Å². The summed E-state index contributed by atoms with van der Waals surface area (Å²) in [5, 5.41) is 2.87. The third-order valence-electron chi connectivity index (χ3n) is 4.08. The van der Waals surface area contributed by atoms with Crippen molar-refractivity contribution >= 4 is 17.5 Å². The molecule has 0 spiro atoms. The molecule has 3 rings (SSSR count). The predicted octanol–water partition coefficient (Wildman–Crippen LogP) is 2.57. The Kier molecular flexibility index (Phi) is 4.19. The van der Waals surface area contributed by atoms with Gasteiger partial charge in [0.1, 0.15) is 17.6 Å². The van der Waals surface area contributed by atoms with E-state index in [0.717, 1.165) is 17.0 Å². The lowest BCUT2D eigenvalue weighted by Gasteiger charge is -2.24. The number of carbonyl (C=O) groups is 2. The lowest BCUT2D eigenvalue weighted by molar-refractivity contribution is -0.126. The topological polar surface area (TPSA) is 62.6 Å². The number of nitrogens with zero attached hydrogens (tertiary/aromatic N) is 1. The van der Waals surface area contributed by atoms with Gasteiger partial charge in [0.05, 0.1) is 6.54 Å². The largest absolute Gasteiger partial charge is 0.465 e. The van der Waals surface area contributed by atoms with E-state index in [1.807, 2.05) is 50.2 Å². The molecular formula is C18H20N2O3. The van der Waals surface area contributed by atoms with Crippen molar-refractivity contribution in [3.8, 4) is 0 Å². The molecule has 0 aliphatic carbocycles. The van der Waals surface area contributed by atoms with E-state index < -0.39 is 6.04 Å². The molecule has 0 radical (unpaired) electrons. The monoisotopic (exact) mass is 312 g/mol. The first kappa shape index (κ1) is 15.3. The zero-order valence-corrected chi connectivity index (χ0v) is 13.3. The van der Waals surface area contributed by atoms with Crippen molar-refractivity contribution in [3.05, 3.63) is 53.5 Å². The number of anilines is 1. The van der Waals surface area contributed by atoms with Crippen LogP contribution in [0.25, 0.3) is 0 Å². The predicted molar refractivity (Wildman–Crippen MR) is 87.0 cm³/mol. The Bertz CT molecular complexity index is 735. The Hall–Kier alpha value is -2.56. The molecule has 5 heteroatoms. The Morgan fingerprint density at radius 2 is 2.04 bits per heavy atom. The number of carbonyl (C=O) groups excluding carboxylic acids is 2. The van der Waals surface area contributed by atoms with E-state index in [9.17, 15) is 9.59 Å². The molecule has 1 aromatic carbocycles. The van der Waals surface area contributed by atoms with Crippen LogP contribution < -0.4 is 10.2 Å². The molecule has 2 aromatic rings. The quantitative estimate of drug-likeness (QED) is 0.944. The summed E-state index contributed by atoms with van der Waals surface area (Å²) in [6, 6.07) is 10.9. The number of hydrogen-bond donors (Lipinski definition) is 1. The van der Waals surface area contributed by atoms with Gasteiger partial charge in [-0.1, -0.05) is 25.1 Å². The minimum atomic E-state index is -0.490. The number of aryl methyl sites for hydroxylation is 1. The second kappa shape index (κ2) is 6.28. The van der Waals surface area contributed by atoms with Crippen molar-refractivity contribution in [3.63, 3.8) is 0 Å². The molecular weight excluding hydrogens is 292 g/mol. The van der Waals surface area contributed by atoms with E-state index in [4.69, 9.17) is 4.42 Å². The molecule has 1 aliphatic rings. The number of furan rings is 1. The third-order valence-corrected chi connectivity index (χ3v) is 4.08. The molecule has 2 heterocycles. The maximum atomic E-state index is 12.6. The van der Waals surface area contributed by atoms with Crippen LogP contribution in [0.5, 0.6) is 0 Å². The molecule has 1 atom stereocenters. The number of hydrogen-bond acceptors (Lipinski definition) is 3. The lowest BCUT2D eigenvalue weighted by atomic mass is 10.1. The van der Waals surface area contributed by atoms with Gasteiger partial charge < -0.3 is 9.73 Å². The van der Waals surface area contributed by atoms with Crippen LogP contribution in [0.3, 0.4) is 0 Å². The van der Waals surface area contributed by atoms with Gasteiger partial charge in [0.25, 0.3) is 0 Å². The van der Waals surface area contributed by atoms with Crippen LogP contribution in [0.4, 0.5) is 5.69 Å². The summed E-state index contributed by atoms with van der Waals surface area (Å²) in [6.45, 7) is 4.00. The van der Waals surface area contributed by atoms with Gasteiger partial charge in [-0.15, -0.1) is 0 Å². The molecule has 2 amide bonds. The Morgan fingerprint density at radius 1 is 1.26 bits per heavy atom. The van der Waals surface area contributed by atoms with Crippen LogP contribution in [0.2, 0.25) is 0 Å². The van der Waals surface area contributed by atoms with Crippen molar-refractivity contribution in [1.82, 2.24) is 5.32 Å². The molecule has 1 N–H and O–H groups in total. The summed E-state index contributed by atoms with van der Waals surface area (Å²) in [6.07, 6.45) is 0.917. The number of nitrogens with one attached hydrogen (secondary N) is 1. The average molecular weight is 312 g/mol. The SMILES string of the molecule is CCC(=O)N1c2ccccc2C[C@H]1C(=O)NCc1ccc(C)o1. The third kappa shape index (κ3) is 2.99. The number of benzene rings is 1. The fraction of sp³-hybridized carbons (Fsp3) is 0.333. The van der Waals surface area contributed by atoms with Crippen LogP contribution >= 0.6 is 0 Å². The van der Waals surface area contributed by atoms with Crippen molar-refractivity contribution in [2.24, 2.45) is 0 Å². The first-order valence-corrected chi connectivity index (χ1v) is 7.83. The standard InChI is InChI=1S/C18H20N2O3/c1-3-17(21)20-15-7-5-4-6-13(15)10-16(20)18(22)19-11-14-9-8-12(2)23-14/h4-9,16H,3,10-11H2,1-2H3,(H,19,22)/t16-/m0/s1. The Labute approximate surface area is 135 Å². The molecule has 0 unspecified atom stereocenters. The first-order chi connectivity index (χ1) is 11.1. The molecule has 0 fully saturated rings. The molecule has 120 valence electrons. The summed E-state index contributed by atoms with van der Waals surface area (Å²) < 4.78 is 5.46. The van der Waals surface area contributed by atoms with Crippen LogP contribution in [0.1, 0.15) is 30.4 Å². The highest BCUT2D eigenvalue weighted by Gasteiger charge is 2.37. The van der Waals surface area contributed by atoms with Gasteiger partial charge in [0.2, 0.25) is 11.8 Å². The molecule has 0 saturated carbocycles. The zero-order valence-electron chi connectivity index (χ0n) is 13.3. The molecule has 1 aliphatic heterocycles. The van der Waals surface area contributed by atoms with Gasteiger partial charge in [-0.25, -0.2) is 0 Å². The summed E-state index contributed by atoms with van der Waals surface area (Å²) in [5.41, 5.74) is 1.87. The average Bonchev–Trinajstić information content (AvgIpc) is 3.15. The second-order valence-electron chi connectivity index (χ2n) is 5.70. The van der Waals surface area contributed by atoms with Crippen LogP contribution in [0.15, 0.2) is 40.8 Å². The van der Waals surface area contributed by atoms with Gasteiger partial charge in [0, 0.05) is 18.5 Å². The van der Waals surface area contributed by atoms with Crippen molar-refractivity contribution in [2.75, 3.05) is 4.90 Å². The highest BCUT2D eigenvalue weighted by molar-refractivity contribution is 6.03. The molecule has 5 nitrogen and oxygen atoms in total. The van der Waals surface area contributed by atoms with Gasteiger partial charge in [-0.3, -0.25) is 14.5 Å². The smallest absolute Gasteiger partial charge is 0.243 e. The van der Waals surface area contributed by atoms with E-state index in [-0.39, 0.29) is 11.8 Å². The Balaban J connectivity index is 1.75. The lowest BCUT2D eigenvalue weighted by Crippen LogP contribution is -2.47. The number of amides is 2. The van der Waals surface area contributed by atoms with E-state index in [2.05, 4.69) is 5.32 Å². The number of para-hydroxylation sites is 1. The minimum Gasteiger partial charge on any atom is -0.465 e. The van der Waals surface area contributed by atoms with Gasteiger partial charge in [-0.2, -0.15) is 0 Å². The maximum absolute atomic E-state index is 12.6. The summed E-state index contributed by atoms with van der Waals surface area (Å²) in [7, 11) is 0. The van der Waals surface area contributed by atoms with Crippen LogP contribution in [-0.4, -0.2) is 17.9 Å². The summed E-state index contributed by atoms with van der Waals surface area (Å²) in [4.78, 5) is 26.5. The van der Waals surface area contributed by atoms with Gasteiger partial charge in [0.15, 0.2) is 0 Å². The highest BCUT2D eigenvalue weighted by atomic mass is 16.3. The van der Waals surface area contributed by atoms with E-state index in [0.29, 0.717) is 25.1 Å². The van der Waals surface area contributed by atoms with Gasteiger partial charge >= 0.3 is 0 Å².